The van der Waals surface area contributed by atoms with Crippen molar-refractivity contribution in [3.05, 3.63) is 16.1 Å². The van der Waals surface area contributed by atoms with E-state index in [9.17, 15) is 4.79 Å². The average Bonchev–Trinajstić information content (AvgIpc) is 3.04. The normalized spacial score (nSPS) is 14.9. The van der Waals surface area contributed by atoms with Gasteiger partial charge in [-0.25, -0.2) is 9.78 Å². The van der Waals surface area contributed by atoms with Crippen LogP contribution in [0, 0.1) is 5.92 Å². The van der Waals surface area contributed by atoms with Crippen LogP contribution in [0.3, 0.4) is 0 Å². The third-order valence-electron chi connectivity index (χ3n) is 2.73. The van der Waals surface area contributed by atoms with Crippen molar-refractivity contribution in [2.75, 3.05) is 19.8 Å². The highest BCUT2D eigenvalue weighted by Crippen LogP contribution is 2.28. The first-order valence-electron chi connectivity index (χ1n) is 6.22. The van der Waals surface area contributed by atoms with E-state index in [2.05, 4.69) is 10.3 Å². The Morgan fingerprint density at radius 2 is 2.44 bits per heavy atom. The number of nitrogens with zero attached hydrogens (tertiary/aromatic N) is 1. The first-order valence-corrected chi connectivity index (χ1v) is 7.10. The second-order valence-corrected chi connectivity index (χ2v) is 5.36. The zero-order chi connectivity index (χ0) is 12.8. The number of rotatable bonds is 9. The summed E-state index contributed by atoms with van der Waals surface area (Å²) in [5, 5.41) is 13.9. The Hall–Kier alpha value is -0.980. The lowest BCUT2D eigenvalue weighted by molar-refractivity contribution is 0.0696. The van der Waals surface area contributed by atoms with Gasteiger partial charge < -0.3 is 15.2 Å². The molecule has 5 nitrogen and oxygen atoms in total. The van der Waals surface area contributed by atoms with Gasteiger partial charge >= 0.3 is 5.97 Å². The molecule has 0 saturated heterocycles. The summed E-state index contributed by atoms with van der Waals surface area (Å²) >= 11 is 1.16. The Morgan fingerprint density at radius 3 is 3.11 bits per heavy atom. The van der Waals surface area contributed by atoms with Crippen molar-refractivity contribution in [1.82, 2.24) is 10.3 Å². The molecule has 1 fully saturated rings. The molecular weight excluding hydrogens is 252 g/mol. The molecule has 0 unspecified atom stereocenters. The molecule has 1 aromatic rings. The number of carboxylic acid groups (broad SMARTS) is 1. The van der Waals surface area contributed by atoms with Gasteiger partial charge in [0.05, 0.1) is 5.69 Å². The molecule has 1 aliphatic carbocycles. The van der Waals surface area contributed by atoms with Gasteiger partial charge in [0.25, 0.3) is 0 Å². The summed E-state index contributed by atoms with van der Waals surface area (Å²) in [6, 6.07) is 0. The lowest BCUT2D eigenvalue weighted by Crippen LogP contribution is -2.17. The summed E-state index contributed by atoms with van der Waals surface area (Å²) in [5.74, 6) is -0.137. The van der Waals surface area contributed by atoms with Crippen molar-refractivity contribution in [3.8, 4) is 0 Å². The highest BCUT2D eigenvalue weighted by atomic mass is 32.1. The molecule has 6 heteroatoms. The van der Waals surface area contributed by atoms with E-state index in [1.54, 1.807) is 5.38 Å². The molecule has 0 amide bonds. The van der Waals surface area contributed by atoms with Crippen LogP contribution in [0.1, 0.15) is 34.8 Å². The second-order valence-electron chi connectivity index (χ2n) is 4.50. The van der Waals surface area contributed by atoms with E-state index < -0.39 is 5.97 Å². The molecule has 0 bridgehead atoms. The first kappa shape index (κ1) is 13.5. The quantitative estimate of drug-likeness (QED) is 0.669. The Kier molecular flexibility index (Phi) is 5.10. The summed E-state index contributed by atoms with van der Waals surface area (Å²) in [5.41, 5.74) is 0.788. The van der Waals surface area contributed by atoms with E-state index in [1.165, 1.54) is 12.8 Å². The smallest absolute Gasteiger partial charge is 0.365 e. The lowest BCUT2D eigenvalue weighted by atomic mass is 10.4. The molecule has 1 aromatic heterocycles. The van der Waals surface area contributed by atoms with Crippen LogP contribution < -0.4 is 5.32 Å². The number of hydrogen-bond donors (Lipinski definition) is 2. The van der Waals surface area contributed by atoms with Gasteiger partial charge in [0.1, 0.15) is 0 Å². The van der Waals surface area contributed by atoms with Crippen molar-refractivity contribution >= 4 is 17.3 Å². The van der Waals surface area contributed by atoms with Crippen LogP contribution in [0.5, 0.6) is 0 Å². The number of thiazole rings is 1. The van der Waals surface area contributed by atoms with Gasteiger partial charge in [-0.3, -0.25) is 0 Å². The van der Waals surface area contributed by atoms with Crippen molar-refractivity contribution in [1.29, 1.82) is 0 Å². The van der Waals surface area contributed by atoms with Crippen LogP contribution in [-0.2, 0) is 11.3 Å². The number of aromatic carboxylic acids is 1. The number of hydrogen-bond acceptors (Lipinski definition) is 5. The molecule has 18 heavy (non-hydrogen) atoms. The fourth-order valence-electron chi connectivity index (χ4n) is 1.54. The SMILES string of the molecule is O=C(O)c1nc(CNCCCOCC2CC2)cs1. The molecule has 0 atom stereocenters. The highest BCUT2D eigenvalue weighted by Gasteiger charge is 2.20. The average molecular weight is 270 g/mol. The molecular formula is C12H18N2O3S. The maximum absolute atomic E-state index is 10.6. The van der Waals surface area contributed by atoms with E-state index in [4.69, 9.17) is 9.84 Å². The van der Waals surface area contributed by atoms with Crippen LogP contribution in [0.4, 0.5) is 0 Å². The minimum atomic E-state index is -0.959. The van der Waals surface area contributed by atoms with E-state index in [-0.39, 0.29) is 5.01 Å². The number of carboxylic acids is 1. The van der Waals surface area contributed by atoms with Crippen LogP contribution in [-0.4, -0.2) is 35.8 Å². The summed E-state index contributed by atoms with van der Waals surface area (Å²) < 4.78 is 5.51. The number of ether oxygens (including phenoxy) is 1. The monoisotopic (exact) mass is 270 g/mol. The molecule has 1 aliphatic rings. The molecule has 1 saturated carbocycles. The van der Waals surface area contributed by atoms with Gasteiger partial charge in [0.15, 0.2) is 0 Å². The van der Waals surface area contributed by atoms with E-state index in [0.717, 1.165) is 49.1 Å². The Labute approximate surface area is 110 Å². The van der Waals surface area contributed by atoms with Gasteiger partial charge in [-0.1, -0.05) is 0 Å². The number of carbonyl (C=O) groups is 1. The molecule has 2 N–H and O–H groups in total. The number of nitrogens with one attached hydrogen (secondary N) is 1. The van der Waals surface area contributed by atoms with Crippen molar-refractivity contribution < 1.29 is 14.6 Å². The molecule has 1 heterocycles. The Balaban J connectivity index is 1.49. The largest absolute Gasteiger partial charge is 0.476 e. The summed E-state index contributed by atoms with van der Waals surface area (Å²) in [4.78, 5) is 14.6. The van der Waals surface area contributed by atoms with Crippen LogP contribution in [0.2, 0.25) is 0 Å². The van der Waals surface area contributed by atoms with Crippen molar-refractivity contribution in [2.45, 2.75) is 25.8 Å². The third-order valence-corrected chi connectivity index (χ3v) is 3.61. The van der Waals surface area contributed by atoms with Crippen molar-refractivity contribution in [3.63, 3.8) is 0 Å². The maximum atomic E-state index is 10.6. The minimum Gasteiger partial charge on any atom is -0.476 e. The topological polar surface area (TPSA) is 71.5 Å². The van der Waals surface area contributed by atoms with E-state index >= 15 is 0 Å². The predicted molar refractivity (Wildman–Crippen MR) is 68.9 cm³/mol. The van der Waals surface area contributed by atoms with Gasteiger partial charge in [-0.2, -0.15) is 0 Å². The lowest BCUT2D eigenvalue weighted by Gasteiger charge is -2.04. The Morgan fingerprint density at radius 1 is 1.61 bits per heavy atom. The molecule has 0 radical (unpaired) electrons. The highest BCUT2D eigenvalue weighted by molar-refractivity contribution is 7.11. The van der Waals surface area contributed by atoms with Crippen molar-refractivity contribution in [2.24, 2.45) is 5.92 Å². The van der Waals surface area contributed by atoms with Gasteiger partial charge in [0, 0.05) is 25.1 Å². The van der Waals surface area contributed by atoms with Gasteiger partial charge in [0.2, 0.25) is 5.01 Å². The molecule has 2 rings (SSSR count). The van der Waals surface area contributed by atoms with Gasteiger partial charge in [-0.05, 0) is 31.7 Å². The molecule has 0 aromatic carbocycles. The second kappa shape index (κ2) is 6.82. The molecule has 0 aliphatic heterocycles. The van der Waals surface area contributed by atoms with E-state index in [0.29, 0.717) is 6.54 Å². The number of aromatic nitrogens is 1. The fourth-order valence-corrected chi connectivity index (χ4v) is 2.19. The third kappa shape index (κ3) is 4.72. The Bertz CT molecular complexity index is 390. The summed E-state index contributed by atoms with van der Waals surface area (Å²) in [6.45, 7) is 3.19. The summed E-state index contributed by atoms with van der Waals surface area (Å²) in [6.07, 6.45) is 3.63. The van der Waals surface area contributed by atoms with Crippen LogP contribution >= 0.6 is 11.3 Å². The predicted octanol–water partition coefficient (Wildman–Crippen LogP) is 1.75. The maximum Gasteiger partial charge on any atom is 0.365 e. The van der Waals surface area contributed by atoms with Crippen LogP contribution in [0.15, 0.2) is 5.38 Å². The van der Waals surface area contributed by atoms with Crippen LogP contribution in [0.25, 0.3) is 0 Å². The van der Waals surface area contributed by atoms with E-state index in [1.807, 2.05) is 0 Å². The zero-order valence-electron chi connectivity index (χ0n) is 10.2. The minimum absolute atomic E-state index is 0.152. The molecule has 0 spiro atoms. The first-order chi connectivity index (χ1) is 8.75. The fraction of sp³-hybridized carbons (Fsp3) is 0.667. The molecule has 100 valence electrons. The summed E-state index contributed by atoms with van der Waals surface area (Å²) in [7, 11) is 0. The standard InChI is InChI=1S/C12H18N2O3S/c15-12(16)11-14-10(8-18-11)6-13-4-1-5-17-7-9-2-3-9/h8-9,13H,1-7H2,(H,15,16). The zero-order valence-corrected chi connectivity index (χ0v) is 11.0. The van der Waals surface area contributed by atoms with Gasteiger partial charge in [-0.15, -0.1) is 11.3 Å².